The zero-order valence-electron chi connectivity index (χ0n) is 14.4. The van der Waals surface area contributed by atoms with E-state index in [1.54, 1.807) is 4.90 Å². The first-order chi connectivity index (χ1) is 11.5. The Morgan fingerprint density at radius 3 is 2.46 bits per heavy atom. The largest absolute Gasteiger partial charge is 0.379 e. The molecule has 0 aromatic carbocycles. The van der Waals surface area contributed by atoms with E-state index in [0.29, 0.717) is 32.8 Å². The predicted molar refractivity (Wildman–Crippen MR) is 91.1 cm³/mol. The fraction of sp³-hybridized carbons (Fsp3) is 0.938. The number of hydrogen-bond donors (Lipinski definition) is 1. The van der Waals surface area contributed by atoms with Crippen LogP contribution in [0.15, 0.2) is 0 Å². The molecule has 1 aliphatic carbocycles. The highest BCUT2D eigenvalue weighted by molar-refractivity contribution is 7.90. The standard InChI is InChI=1S/C16H29N3O4S/c1-13(10-18-6-8-23-9-7-18)17-24(21,22)15-11-19(12-15)16(20)14-4-2-3-5-14/h13-15,17H,2-12H2,1H3/t13-/m0/s1. The molecule has 3 fully saturated rings. The van der Waals surface area contributed by atoms with Gasteiger partial charge in [-0.3, -0.25) is 9.69 Å². The maximum Gasteiger partial charge on any atom is 0.225 e. The van der Waals surface area contributed by atoms with Crippen molar-refractivity contribution >= 4 is 15.9 Å². The highest BCUT2D eigenvalue weighted by atomic mass is 32.2. The molecule has 2 heterocycles. The molecule has 2 saturated heterocycles. The first-order valence-electron chi connectivity index (χ1n) is 9.06. The van der Waals surface area contributed by atoms with Gasteiger partial charge in [-0.2, -0.15) is 0 Å². The molecule has 0 aromatic rings. The molecule has 2 aliphatic heterocycles. The monoisotopic (exact) mass is 359 g/mol. The Kier molecular flexibility index (Phi) is 5.79. The highest BCUT2D eigenvalue weighted by Gasteiger charge is 2.42. The maximum absolute atomic E-state index is 12.5. The Morgan fingerprint density at radius 1 is 1.21 bits per heavy atom. The molecule has 0 bridgehead atoms. The van der Waals surface area contributed by atoms with Crippen molar-refractivity contribution < 1.29 is 17.9 Å². The van der Waals surface area contributed by atoms with E-state index in [9.17, 15) is 13.2 Å². The van der Waals surface area contributed by atoms with Crippen LogP contribution in [-0.2, 0) is 19.6 Å². The third kappa shape index (κ3) is 4.28. The van der Waals surface area contributed by atoms with Crippen LogP contribution in [0.2, 0.25) is 0 Å². The summed E-state index contributed by atoms with van der Waals surface area (Å²) in [4.78, 5) is 16.2. The summed E-state index contributed by atoms with van der Waals surface area (Å²) in [6.07, 6.45) is 4.16. The lowest BCUT2D eigenvalue weighted by Gasteiger charge is -2.40. The second-order valence-electron chi connectivity index (χ2n) is 7.32. The average Bonchev–Trinajstić information content (AvgIpc) is 2.99. The molecule has 3 aliphatic rings. The van der Waals surface area contributed by atoms with Crippen molar-refractivity contribution in [3.05, 3.63) is 0 Å². The van der Waals surface area contributed by atoms with Crippen molar-refractivity contribution in [3.8, 4) is 0 Å². The second-order valence-corrected chi connectivity index (χ2v) is 9.32. The second kappa shape index (κ2) is 7.68. The zero-order valence-corrected chi connectivity index (χ0v) is 15.3. The Bertz CT molecular complexity index is 536. The topological polar surface area (TPSA) is 79.0 Å². The van der Waals surface area contributed by atoms with Crippen LogP contribution in [0.5, 0.6) is 0 Å². The number of hydrogen-bond acceptors (Lipinski definition) is 5. The van der Waals surface area contributed by atoms with Crippen LogP contribution in [0.1, 0.15) is 32.6 Å². The average molecular weight is 359 g/mol. The lowest BCUT2D eigenvalue weighted by atomic mass is 10.0. The molecule has 1 saturated carbocycles. The Morgan fingerprint density at radius 2 is 1.83 bits per heavy atom. The van der Waals surface area contributed by atoms with Gasteiger partial charge >= 0.3 is 0 Å². The minimum atomic E-state index is -3.37. The highest BCUT2D eigenvalue weighted by Crippen LogP contribution is 2.29. The number of rotatable bonds is 6. The summed E-state index contributed by atoms with van der Waals surface area (Å²) in [7, 11) is -3.37. The molecule has 1 N–H and O–H groups in total. The summed E-state index contributed by atoms with van der Waals surface area (Å²) in [6, 6.07) is -0.132. The fourth-order valence-corrected chi connectivity index (χ4v) is 5.41. The number of carbonyl (C=O) groups excluding carboxylic acids is 1. The number of ether oxygens (including phenoxy) is 1. The Hall–Kier alpha value is -0.700. The summed E-state index contributed by atoms with van der Waals surface area (Å²) in [5, 5.41) is -0.463. The van der Waals surface area contributed by atoms with Crippen molar-refractivity contribution in [2.75, 3.05) is 45.9 Å². The van der Waals surface area contributed by atoms with Crippen molar-refractivity contribution in [1.82, 2.24) is 14.5 Å². The molecule has 0 unspecified atom stereocenters. The first-order valence-corrected chi connectivity index (χ1v) is 10.6. The minimum Gasteiger partial charge on any atom is -0.379 e. The van der Waals surface area contributed by atoms with Crippen LogP contribution in [-0.4, -0.2) is 81.4 Å². The van der Waals surface area contributed by atoms with Gasteiger partial charge in [0.05, 0.1) is 13.2 Å². The SMILES string of the molecule is C[C@@H](CN1CCOCC1)NS(=O)(=O)C1CN(C(=O)C2CCCC2)C1. The summed E-state index contributed by atoms with van der Waals surface area (Å²) < 4.78 is 33.0. The van der Waals surface area contributed by atoms with Crippen LogP contribution >= 0.6 is 0 Å². The van der Waals surface area contributed by atoms with Gasteiger partial charge in [0.15, 0.2) is 0 Å². The van der Waals surface area contributed by atoms with Gasteiger partial charge in [0, 0.05) is 44.7 Å². The van der Waals surface area contributed by atoms with E-state index in [1.165, 1.54) is 0 Å². The van der Waals surface area contributed by atoms with Crippen molar-refractivity contribution in [3.63, 3.8) is 0 Å². The van der Waals surface area contributed by atoms with Gasteiger partial charge in [0.1, 0.15) is 5.25 Å². The van der Waals surface area contributed by atoms with Crippen molar-refractivity contribution in [2.24, 2.45) is 5.92 Å². The third-order valence-electron chi connectivity index (χ3n) is 5.30. The van der Waals surface area contributed by atoms with Gasteiger partial charge in [-0.25, -0.2) is 13.1 Å². The number of sulfonamides is 1. The molecular weight excluding hydrogens is 330 g/mol. The fourth-order valence-electron chi connectivity index (χ4n) is 3.83. The predicted octanol–water partition coefficient (Wildman–Crippen LogP) is 0.0275. The van der Waals surface area contributed by atoms with E-state index in [4.69, 9.17) is 4.74 Å². The molecule has 3 rings (SSSR count). The van der Waals surface area contributed by atoms with Gasteiger partial charge in [-0.1, -0.05) is 12.8 Å². The third-order valence-corrected chi connectivity index (χ3v) is 7.21. The summed E-state index contributed by atoms with van der Waals surface area (Å²) in [6.45, 7) is 6.38. The van der Waals surface area contributed by atoms with Gasteiger partial charge in [0.25, 0.3) is 0 Å². The molecule has 24 heavy (non-hydrogen) atoms. The maximum atomic E-state index is 12.5. The number of nitrogens with zero attached hydrogens (tertiary/aromatic N) is 2. The molecular formula is C16H29N3O4S. The minimum absolute atomic E-state index is 0.127. The molecule has 8 heteroatoms. The lowest BCUT2D eigenvalue weighted by molar-refractivity contribution is -0.138. The van der Waals surface area contributed by atoms with E-state index >= 15 is 0 Å². The first kappa shape index (κ1) is 18.1. The van der Waals surface area contributed by atoms with Crippen LogP contribution < -0.4 is 4.72 Å². The summed E-state index contributed by atoms with van der Waals surface area (Å²) in [5.41, 5.74) is 0. The molecule has 7 nitrogen and oxygen atoms in total. The molecule has 138 valence electrons. The van der Waals surface area contributed by atoms with Gasteiger partial charge < -0.3 is 9.64 Å². The van der Waals surface area contributed by atoms with E-state index in [-0.39, 0.29) is 17.9 Å². The molecule has 1 atom stereocenters. The van der Waals surface area contributed by atoms with E-state index in [2.05, 4.69) is 9.62 Å². The number of nitrogens with one attached hydrogen (secondary N) is 1. The quantitative estimate of drug-likeness (QED) is 0.724. The molecule has 0 radical (unpaired) electrons. The van der Waals surface area contributed by atoms with Crippen molar-refractivity contribution in [1.29, 1.82) is 0 Å². The van der Waals surface area contributed by atoms with Crippen LogP contribution in [0, 0.1) is 5.92 Å². The summed E-state index contributed by atoms with van der Waals surface area (Å²) >= 11 is 0. The smallest absolute Gasteiger partial charge is 0.225 e. The van der Waals surface area contributed by atoms with Gasteiger partial charge in [-0.15, -0.1) is 0 Å². The Labute approximate surface area is 144 Å². The zero-order chi connectivity index (χ0) is 17.2. The van der Waals surface area contributed by atoms with Crippen LogP contribution in [0.3, 0.4) is 0 Å². The molecule has 1 amide bonds. The number of amides is 1. The summed E-state index contributed by atoms with van der Waals surface area (Å²) in [5.74, 6) is 0.280. The lowest BCUT2D eigenvalue weighted by Crippen LogP contribution is -2.61. The molecule has 0 spiro atoms. The van der Waals surface area contributed by atoms with E-state index in [0.717, 1.165) is 38.8 Å². The van der Waals surface area contributed by atoms with Crippen LogP contribution in [0.25, 0.3) is 0 Å². The van der Waals surface area contributed by atoms with Crippen molar-refractivity contribution in [2.45, 2.75) is 43.9 Å². The van der Waals surface area contributed by atoms with Gasteiger partial charge in [-0.05, 0) is 19.8 Å². The number of morpholine rings is 1. The van der Waals surface area contributed by atoms with Crippen LogP contribution in [0.4, 0.5) is 0 Å². The van der Waals surface area contributed by atoms with E-state index in [1.807, 2.05) is 6.92 Å². The normalized spacial score (nSPS) is 25.6. The number of carbonyl (C=O) groups is 1. The Balaban J connectivity index is 1.43. The van der Waals surface area contributed by atoms with E-state index < -0.39 is 15.3 Å². The number of likely N-dealkylation sites (tertiary alicyclic amines) is 1. The molecule has 0 aromatic heterocycles. The van der Waals surface area contributed by atoms with Gasteiger partial charge in [0.2, 0.25) is 15.9 Å².